The van der Waals surface area contributed by atoms with Gasteiger partial charge in [-0.25, -0.2) is 22.3 Å². The smallest absolute Gasteiger partial charge is 0.238 e. The Labute approximate surface area is 121 Å². The van der Waals surface area contributed by atoms with Gasteiger partial charge in [0, 0.05) is 11.6 Å². The molecule has 4 nitrogen and oxygen atoms in total. The molecule has 0 aliphatic heterocycles. The number of nitrogens with two attached hydrogens (primary N) is 1. The number of halogens is 2. The Morgan fingerprint density at radius 3 is 2.43 bits per heavy atom. The molecule has 2 aromatic carbocycles. The normalized spacial score (nSPS) is 11.4. The van der Waals surface area contributed by atoms with E-state index < -0.39 is 21.7 Å². The molecule has 0 spiro atoms. The molecule has 0 bridgehead atoms. The number of hydrogen-bond donors (Lipinski definition) is 1. The first-order valence-electron chi connectivity index (χ1n) is 5.97. The van der Waals surface area contributed by atoms with Crippen LogP contribution >= 0.6 is 0 Å². The molecule has 0 saturated carbocycles. The molecule has 112 valence electrons. The van der Waals surface area contributed by atoms with E-state index in [2.05, 4.69) is 0 Å². The van der Waals surface area contributed by atoms with Crippen LogP contribution in [0.25, 0.3) is 0 Å². The highest BCUT2D eigenvalue weighted by Gasteiger charge is 2.12. The van der Waals surface area contributed by atoms with Crippen molar-refractivity contribution in [1.29, 1.82) is 0 Å². The van der Waals surface area contributed by atoms with Crippen LogP contribution in [0.4, 0.5) is 8.78 Å². The molecular weight excluding hydrogens is 300 g/mol. The van der Waals surface area contributed by atoms with Gasteiger partial charge in [0.05, 0.1) is 4.90 Å². The minimum absolute atomic E-state index is 0.00260. The predicted molar refractivity (Wildman–Crippen MR) is 73.2 cm³/mol. The van der Waals surface area contributed by atoms with Crippen LogP contribution in [-0.2, 0) is 16.6 Å². The second kappa shape index (κ2) is 5.79. The Balaban J connectivity index is 2.16. The lowest BCUT2D eigenvalue weighted by atomic mass is 10.2. The summed E-state index contributed by atoms with van der Waals surface area (Å²) in [5.41, 5.74) is 0.624. The van der Waals surface area contributed by atoms with Gasteiger partial charge < -0.3 is 4.74 Å². The van der Waals surface area contributed by atoms with Gasteiger partial charge in [0.15, 0.2) is 0 Å². The van der Waals surface area contributed by atoms with E-state index in [0.717, 1.165) is 12.1 Å². The average molecular weight is 313 g/mol. The summed E-state index contributed by atoms with van der Waals surface area (Å²) in [5.74, 6) is -0.999. The Kier molecular flexibility index (Phi) is 4.24. The van der Waals surface area contributed by atoms with Crippen molar-refractivity contribution in [3.05, 3.63) is 59.2 Å². The largest absolute Gasteiger partial charge is 0.489 e. The number of rotatable bonds is 4. The average Bonchev–Trinajstić information content (AvgIpc) is 2.36. The van der Waals surface area contributed by atoms with E-state index in [1.807, 2.05) is 0 Å². The van der Waals surface area contributed by atoms with Crippen molar-refractivity contribution in [3.63, 3.8) is 0 Å². The zero-order valence-electron chi connectivity index (χ0n) is 11.1. The fraction of sp³-hybridized carbons (Fsp3) is 0.143. The summed E-state index contributed by atoms with van der Waals surface area (Å²) in [6, 6.07) is 7.43. The van der Waals surface area contributed by atoms with Crippen molar-refractivity contribution in [2.45, 2.75) is 18.4 Å². The standard InChI is InChI=1S/C14H13F2NO3S/c1-9-6-12(4-5-14(9)21(17,18)19)20-8-10-2-3-11(15)7-13(10)16/h2-7H,8H2,1H3,(H2,17,18,19). The number of sulfonamides is 1. The highest BCUT2D eigenvalue weighted by atomic mass is 32.2. The van der Waals surface area contributed by atoms with Crippen LogP contribution in [0.5, 0.6) is 5.75 Å². The molecule has 2 aromatic rings. The van der Waals surface area contributed by atoms with Gasteiger partial charge in [-0.2, -0.15) is 0 Å². The molecular formula is C14H13F2NO3S. The van der Waals surface area contributed by atoms with E-state index in [1.165, 1.54) is 24.3 Å². The van der Waals surface area contributed by atoms with Gasteiger partial charge in [0.25, 0.3) is 0 Å². The Morgan fingerprint density at radius 1 is 1.14 bits per heavy atom. The molecule has 0 amide bonds. The van der Waals surface area contributed by atoms with Crippen molar-refractivity contribution < 1.29 is 21.9 Å². The van der Waals surface area contributed by atoms with Crippen LogP contribution in [0.15, 0.2) is 41.3 Å². The summed E-state index contributed by atoms with van der Waals surface area (Å²) >= 11 is 0. The SMILES string of the molecule is Cc1cc(OCc2ccc(F)cc2F)ccc1S(N)(=O)=O. The first-order valence-corrected chi connectivity index (χ1v) is 7.52. The fourth-order valence-corrected chi connectivity index (χ4v) is 2.60. The fourth-order valence-electron chi connectivity index (χ4n) is 1.83. The third-order valence-electron chi connectivity index (χ3n) is 2.86. The third-order valence-corrected chi connectivity index (χ3v) is 3.93. The molecule has 0 aliphatic carbocycles. The second-order valence-corrected chi connectivity index (χ2v) is 6.03. The zero-order chi connectivity index (χ0) is 15.6. The molecule has 0 unspecified atom stereocenters. The van der Waals surface area contributed by atoms with Crippen molar-refractivity contribution >= 4 is 10.0 Å². The molecule has 0 aliphatic rings. The van der Waals surface area contributed by atoms with E-state index >= 15 is 0 Å². The molecule has 0 aromatic heterocycles. The second-order valence-electron chi connectivity index (χ2n) is 4.50. The molecule has 21 heavy (non-hydrogen) atoms. The first-order chi connectivity index (χ1) is 9.77. The summed E-state index contributed by atoms with van der Waals surface area (Å²) in [7, 11) is -3.79. The molecule has 0 saturated heterocycles. The zero-order valence-corrected chi connectivity index (χ0v) is 12.0. The maximum atomic E-state index is 13.4. The molecule has 0 radical (unpaired) electrons. The number of ether oxygens (including phenoxy) is 1. The molecule has 2 rings (SSSR count). The number of hydrogen-bond acceptors (Lipinski definition) is 3. The Bertz CT molecular complexity index is 776. The topological polar surface area (TPSA) is 69.4 Å². The Hall–Kier alpha value is -1.99. The lowest BCUT2D eigenvalue weighted by Gasteiger charge is -2.10. The van der Waals surface area contributed by atoms with Crippen molar-refractivity contribution in [2.24, 2.45) is 5.14 Å². The van der Waals surface area contributed by atoms with Crippen LogP contribution < -0.4 is 9.88 Å². The molecule has 7 heteroatoms. The highest BCUT2D eigenvalue weighted by molar-refractivity contribution is 7.89. The monoisotopic (exact) mass is 313 g/mol. The number of aryl methyl sites for hydroxylation is 1. The van der Waals surface area contributed by atoms with Crippen LogP contribution in [-0.4, -0.2) is 8.42 Å². The van der Waals surface area contributed by atoms with Crippen LogP contribution in [0.3, 0.4) is 0 Å². The minimum atomic E-state index is -3.79. The van der Waals surface area contributed by atoms with Crippen molar-refractivity contribution in [3.8, 4) is 5.75 Å². The molecule has 0 heterocycles. The summed E-state index contributed by atoms with van der Waals surface area (Å²) in [6.45, 7) is 1.48. The summed E-state index contributed by atoms with van der Waals surface area (Å²) in [6.07, 6.45) is 0. The van der Waals surface area contributed by atoms with Crippen LogP contribution in [0.2, 0.25) is 0 Å². The van der Waals surface area contributed by atoms with Gasteiger partial charge in [-0.1, -0.05) is 0 Å². The van der Waals surface area contributed by atoms with Gasteiger partial charge in [-0.3, -0.25) is 0 Å². The van der Waals surface area contributed by atoms with Gasteiger partial charge in [0.2, 0.25) is 10.0 Å². The lowest BCUT2D eigenvalue weighted by Crippen LogP contribution is -2.13. The van der Waals surface area contributed by atoms with Crippen molar-refractivity contribution in [2.75, 3.05) is 0 Å². The quantitative estimate of drug-likeness (QED) is 0.943. The molecule has 2 N–H and O–H groups in total. The van der Waals surface area contributed by atoms with Gasteiger partial charge in [-0.05, 0) is 42.8 Å². The van der Waals surface area contributed by atoms with E-state index in [0.29, 0.717) is 11.3 Å². The highest BCUT2D eigenvalue weighted by Crippen LogP contribution is 2.21. The number of benzene rings is 2. The van der Waals surface area contributed by atoms with E-state index in [4.69, 9.17) is 9.88 Å². The molecule has 0 fully saturated rings. The van der Waals surface area contributed by atoms with E-state index in [9.17, 15) is 17.2 Å². The van der Waals surface area contributed by atoms with E-state index in [1.54, 1.807) is 6.92 Å². The van der Waals surface area contributed by atoms with Gasteiger partial charge in [0.1, 0.15) is 24.0 Å². The maximum Gasteiger partial charge on any atom is 0.238 e. The Morgan fingerprint density at radius 2 is 1.86 bits per heavy atom. The van der Waals surface area contributed by atoms with Crippen LogP contribution in [0, 0.1) is 18.6 Å². The predicted octanol–water partition coefficient (Wildman–Crippen LogP) is 2.50. The maximum absolute atomic E-state index is 13.4. The van der Waals surface area contributed by atoms with Gasteiger partial charge >= 0.3 is 0 Å². The summed E-state index contributed by atoms with van der Waals surface area (Å²) in [5, 5.41) is 5.05. The lowest BCUT2D eigenvalue weighted by molar-refractivity contribution is 0.299. The van der Waals surface area contributed by atoms with Crippen LogP contribution in [0.1, 0.15) is 11.1 Å². The molecule has 0 atom stereocenters. The minimum Gasteiger partial charge on any atom is -0.489 e. The van der Waals surface area contributed by atoms with Crippen molar-refractivity contribution in [1.82, 2.24) is 0 Å². The first kappa shape index (κ1) is 15.4. The summed E-state index contributed by atoms with van der Waals surface area (Å²) in [4.78, 5) is 0.00260. The third kappa shape index (κ3) is 3.77. The van der Waals surface area contributed by atoms with E-state index in [-0.39, 0.29) is 17.1 Å². The summed E-state index contributed by atoms with van der Waals surface area (Å²) < 4.78 is 54.1. The van der Waals surface area contributed by atoms with Gasteiger partial charge in [-0.15, -0.1) is 0 Å². The number of primary sulfonamides is 1.